The Hall–Kier alpha value is -4.02. The number of aromatic amines is 1. The molecule has 0 aliphatic carbocycles. The van der Waals surface area contributed by atoms with Gasteiger partial charge in [-0.2, -0.15) is 18.2 Å². The average Bonchev–Trinajstić information content (AvgIpc) is 3.35. The molecule has 5 rings (SSSR count). The maximum atomic E-state index is 13.5. The lowest BCUT2D eigenvalue weighted by Crippen LogP contribution is -2.12. The van der Waals surface area contributed by atoms with E-state index in [1.165, 1.54) is 6.20 Å². The van der Waals surface area contributed by atoms with Crippen LogP contribution in [0.1, 0.15) is 5.56 Å². The van der Waals surface area contributed by atoms with Gasteiger partial charge in [-0.15, -0.1) is 0 Å². The normalized spacial score (nSPS) is 12.9. The Balaban J connectivity index is 1.47. The monoisotopic (exact) mass is 414 g/mol. The molecule has 0 bridgehead atoms. The Labute approximate surface area is 167 Å². The molecule has 3 aromatic heterocycles. The van der Waals surface area contributed by atoms with Crippen LogP contribution in [0.4, 0.5) is 36.3 Å². The molecule has 152 valence electrons. The molecule has 0 fully saturated rings. The van der Waals surface area contributed by atoms with Gasteiger partial charge in [0.1, 0.15) is 17.0 Å². The second-order valence-electron chi connectivity index (χ2n) is 6.41. The lowest BCUT2D eigenvalue weighted by Gasteiger charge is -2.15. The van der Waals surface area contributed by atoms with Crippen molar-refractivity contribution >= 4 is 34.2 Å². The molecule has 8 nitrogen and oxygen atoms in total. The minimum absolute atomic E-state index is 0.0112. The van der Waals surface area contributed by atoms with Crippen LogP contribution < -0.4 is 20.1 Å². The van der Waals surface area contributed by atoms with E-state index in [9.17, 15) is 13.2 Å². The maximum Gasteiger partial charge on any atom is 0.421 e. The fourth-order valence-electron chi connectivity index (χ4n) is 2.99. The van der Waals surface area contributed by atoms with Crippen molar-refractivity contribution in [2.24, 2.45) is 0 Å². The molecule has 1 aromatic carbocycles. The van der Waals surface area contributed by atoms with Crippen molar-refractivity contribution in [2.75, 3.05) is 17.4 Å². The molecule has 0 saturated carbocycles. The SMILES string of the molecule is FC(F)(F)c1cnc(Nc2cnc3[nH]ccc3c2)nc1Nc1ccc2c(c1)OCO2. The fourth-order valence-corrected chi connectivity index (χ4v) is 2.99. The highest BCUT2D eigenvalue weighted by molar-refractivity contribution is 5.79. The first kappa shape index (κ1) is 18.0. The predicted molar refractivity (Wildman–Crippen MR) is 102 cm³/mol. The van der Waals surface area contributed by atoms with Crippen molar-refractivity contribution in [3.63, 3.8) is 0 Å². The zero-order valence-corrected chi connectivity index (χ0v) is 15.1. The zero-order valence-electron chi connectivity index (χ0n) is 15.1. The summed E-state index contributed by atoms with van der Waals surface area (Å²) in [6, 6.07) is 8.34. The van der Waals surface area contributed by atoms with Gasteiger partial charge in [-0.25, -0.2) is 9.97 Å². The van der Waals surface area contributed by atoms with Gasteiger partial charge in [-0.1, -0.05) is 0 Å². The Bertz CT molecular complexity index is 1240. The van der Waals surface area contributed by atoms with Crippen molar-refractivity contribution in [1.82, 2.24) is 19.9 Å². The van der Waals surface area contributed by atoms with Gasteiger partial charge in [-0.05, 0) is 24.3 Å². The molecular weight excluding hydrogens is 401 g/mol. The molecule has 1 aliphatic heterocycles. The highest BCUT2D eigenvalue weighted by Gasteiger charge is 2.35. The van der Waals surface area contributed by atoms with Crippen molar-refractivity contribution in [1.29, 1.82) is 0 Å². The first-order chi connectivity index (χ1) is 14.5. The average molecular weight is 414 g/mol. The van der Waals surface area contributed by atoms with Crippen LogP contribution >= 0.6 is 0 Å². The zero-order chi connectivity index (χ0) is 20.7. The summed E-state index contributed by atoms with van der Waals surface area (Å²) in [5, 5.41) is 6.41. The van der Waals surface area contributed by atoms with Crippen LogP contribution in [-0.4, -0.2) is 26.7 Å². The molecule has 1 aliphatic rings. The number of halogens is 3. The minimum Gasteiger partial charge on any atom is -0.454 e. The number of fused-ring (bicyclic) bond motifs is 2. The van der Waals surface area contributed by atoms with Gasteiger partial charge in [0.15, 0.2) is 11.5 Å². The number of hydrogen-bond acceptors (Lipinski definition) is 7. The molecule has 0 amide bonds. The summed E-state index contributed by atoms with van der Waals surface area (Å²) in [4.78, 5) is 15.0. The summed E-state index contributed by atoms with van der Waals surface area (Å²) in [5.41, 5.74) is 0.602. The van der Waals surface area contributed by atoms with Gasteiger partial charge in [0, 0.05) is 29.5 Å². The van der Waals surface area contributed by atoms with E-state index in [0.29, 0.717) is 28.5 Å². The van der Waals surface area contributed by atoms with Crippen molar-refractivity contribution in [2.45, 2.75) is 6.18 Å². The van der Waals surface area contributed by atoms with Gasteiger partial charge in [0.2, 0.25) is 12.7 Å². The standard InChI is InChI=1S/C19H13F3N6O2/c20-19(21,22)13-8-25-18(27-12-5-10-3-4-23-16(10)24-7-12)28-17(13)26-11-1-2-14-15(6-11)30-9-29-14/h1-8H,9H2,(H,23,24)(H2,25,26,27,28). The molecule has 0 unspecified atom stereocenters. The fraction of sp³-hybridized carbons (Fsp3) is 0.105. The summed E-state index contributed by atoms with van der Waals surface area (Å²) in [6.07, 6.45) is -0.635. The van der Waals surface area contributed by atoms with Crippen LogP contribution in [-0.2, 0) is 6.18 Å². The molecule has 3 N–H and O–H groups in total. The molecule has 0 atom stereocenters. The second-order valence-corrected chi connectivity index (χ2v) is 6.41. The largest absolute Gasteiger partial charge is 0.454 e. The van der Waals surface area contributed by atoms with E-state index in [1.807, 2.05) is 6.07 Å². The molecular formula is C19H13F3N6O2. The molecule has 0 radical (unpaired) electrons. The number of benzene rings is 1. The molecule has 0 spiro atoms. The summed E-state index contributed by atoms with van der Waals surface area (Å²) in [7, 11) is 0. The topological polar surface area (TPSA) is 97.0 Å². The molecule has 11 heteroatoms. The Kier molecular flexibility index (Phi) is 4.09. The van der Waals surface area contributed by atoms with Crippen molar-refractivity contribution < 1.29 is 22.6 Å². The lowest BCUT2D eigenvalue weighted by molar-refractivity contribution is -0.137. The van der Waals surface area contributed by atoms with E-state index in [0.717, 1.165) is 11.6 Å². The smallest absolute Gasteiger partial charge is 0.421 e. The number of anilines is 4. The Morgan fingerprint density at radius 2 is 1.80 bits per heavy atom. The van der Waals surface area contributed by atoms with Crippen LogP contribution in [0.25, 0.3) is 11.0 Å². The number of ether oxygens (including phenoxy) is 2. The minimum atomic E-state index is -4.64. The number of rotatable bonds is 4. The van der Waals surface area contributed by atoms with Crippen molar-refractivity contribution in [3.05, 3.63) is 54.5 Å². The molecule has 4 heterocycles. The van der Waals surface area contributed by atoms with E-state index < -0.39 is 17.6 Å². The summed E-state index contributed by atoms with van der Waals surface area (Å²) in [5.74, 6) is 0.554. The highest BCUT2D eigenvalue weighted by atomic mass is 19.4. The number of aromatic nitrogens is 4. The summed E-state index contributed by atoms with van der Waals surface area (Å²) >= 11 is 0. The number of H-pyrrole nitrogens is 1. The third kappa shape index (κ3) is 3.41. The number of nitrogens with zero attached hydrogens (tertiary/aromatic N) is 3. The molecule has 30 heavy (non-hydrogen) atoms. The first-order valence-corrected chi connectivity index (χ1v) is 8.77. The van der Waals surface area contributed by atoms with E-state index in [2.05, 4.69) is 30.6 Å². The number of nitrogens with one attached hydrogen (secondary N) is 3. The molecule has 0 saturated heterocycles. The van der Waals surface area contributed by atoms with Gasteiger partial charge in [0.05, 0.1) is 11.9 Å². The highest BCUT2D eigenvalue weighted by Crippen LogP contribution is 2.38. The number of alkyl halides is 3. The maximum absolute atomic E-state index is 13.5. The number of pyridine rings is 1. The van der Waals surface area contributed by atoms with Crippen LogP contribution in [0, 0.1) is 0 Å². The second kappa shape index (κ2) is 6.79. The summed E-state index contributed by atoms with van der Waals surface area (Å²) in [6.45, 7) is 0.0632. The van der Waals surface area contributed by atoms with Crippen molar-refractivity contribution in [3.8, 4) is 11.5 Å². The van der Waals surface area contributed by atoms with E-state index >= 15 is 0 Å². The quantitative estimate of drug-likeness (QED) is 0.449. The van der Waals surface area contributed by atoms with Crippen LogP contribution in [0.3, 0.4) is 0 Å². The Morgan fingerprint density at radius 3 is 2.67 bits per heavy atom. The van der Waals surface area contributed by atoms with E-state index in [1.54, 1.807) is 30.5 Å². The third-order valence-corrected chi connectivity index (χ3v) is 4.39. The van der Waals surface area contributed by atoms with E-state index in [4.69, 9.17) is 9.47 Å². The van der Waals surface area contributed by atoms with Crippen LogP contribution in [0.5, 0.6) is 11.5 Å². The Morgan fingerprint density at radius 1 is 0.933 bits per heavy atom. The summed E-state index contributed by atoms with van der Waals surface area (Å²) < 4.78 is 50.9. The third-order valence-electron chi connectivity index (χ3n) is 4.39. The van der Waals surface area contributed by atoms with Gasteiger partial charge in [-0.3, -0.25) is 0 Å². The van der Waals surface area contributed by atoms with Gasteiger partial charge < -0.3 is 25.1 Å². The van der Waals surface area contributed by atoms with Gasteiger partial charge in [0.25, 0.3) is 0 Å². The first-order valence-electron chi connectivity index (χ1n) is 8.77. The predicted octanol–water partition coefficient (Wildman–Crippen LogP) is 4.59. The van der Waals surface area contributed by atoms with Gasteiger partial charge >= 0.3 is 6.18 Å². The molecule has 4 aromatic rings. The van der Waals surface area contributed by atoms with Crippen LogP contribution in [0.15, 0.2) is 48.9 Å². The van der Waals surface area contributed by atoms with E-state index in [-0.39, 0.29) is 12.7 Å². The lowest BCUT2D eigenvalue weighted by atomic mass is 10.2. The van der Waals surface area contributed by atoms with Crippen LogP contribution in [0.2, 0.25) is 0 Å². The number of hydrogen-bond donors (Lipinski definition) is 3.